The lowest BCUT2D eigenvalue weighted by Gasteiger charge is -2.38. The van der Waals surface area contributed by atoms with Gasteiger partial charge in [-0.3, -0.25) is 0 Å². The van der Waals surface area contributed by atoms with Crippen molar-refractivity contribution in [3.05, 3.63) is 0 Å². The Balaban J connectivity index is 1.99. The topological polar surface area (TPSA) is 46.2 Å². The third-order valence-electron chi connectivity index (χ3n) is 4.26. The van der Waals surface area contributed by atoms with Gasteiger partial charge in [0, 0.05) is 6.04 Å². The average molecular weight is 197 g/mol. The molecule has 0 bridgehead atoms. The number of nitrogens with two attached hydrogens (primary N) is 1. The molecule has 0 aliphatic heterocycles. The van der Waals surface area contributed by atoms with Crippen LogP contribution in [0.15, 0.2) is 0 Å². The van der Waals surface area contributed by atoms with Crippen molar-refractivity contribution in [3.8, 4) is 0 Å². The van der Waals surface area contributed by atoms with Gasteiger partial charge in [0.15, 0.2) is 0 Å². The van der Waals surface area contributed by atoms with Crippen molar-refractivity contribution in [2.45, 2.75) is 63.5 Å². The molecule has 0 aromatic rings. The molecule has 82 valence electrons. The minimum absolute atomic E-state index is 0.247. The lowest BCUT2D eigenvalue weighted by molar-refractivity contribution is -0.0350. The van der Waals surface area contributed by atoms with E-state index in [4.69, 9.17) is 5.73 Å². The third kappa shape index (κ3) is 1.96. The first kappa shape index (κ1) is 10.4. The molecule has 2 aliphatic carbocycles. The van der Waals surface area contributed by atoms with Gasteiger partial charge in [-0.05, 0) is 43.9 Å². The van der Waals surface area contributed by atoms with E-state index in [1.165, 1.54) is 25.7 Å². The summed E-state index contributed by atoms with van der Waals surface area (Å²) in [7, 11) is 0. The highest BCUT2D eigenvalue weighted by atomic mass is 16.3. The Bertz CT molecular complexity index is 206. The molecule has 0 spiro atoms. The van der Waals surface area contributed by atoms with Gasteiger partial charge in [0.25, 0.3) is 0 Å². The Morgan fingerprint density at radius 3 is 2.64 bits per heavy atom. The molecule has 4 unspecified atom stereocenters. The quantitative estimate of drug-likeness (QED) is 0.676. The maximum absolute atomic E-state index is 10.5. The zero-order chi connectivity index (χ0) is 10.2. The summed E-state index contributed by atoms with van der Waals surface area (Å²) < 4.78 is 0. The molecule has 2 heteroatoms. The number of hydrogen-bond acceptors (Lipinski definition) is 2. The van der Waals surface area contributed by atoms with Crippen molar-refractivity contribution >= 4 is 0 Å². The molecule has 0 aromatic carbocycles. The van der Waals surface area contributed by atoms with Gasteiger partial charge < -0.3 is 10.8 Å². The van der Waals surface area contributed by atoms with Crippen molar-refractivity contribution in [1.82, 2.24) is 0 Å². The van der Waals surface area contributed by atoms with Gasteiger partial charge in [0.1, 0.15) is 0 Å². The van der Waals surface area contributed by atoms with Gasteiger partial charge >= 0.3 is 0 Å². The van der Waals surface area contributed by atoms with Crippen LogP contribution in [-0.4, -0.2) is 16.7 Å². The Kier molecular flexibility index (Phi) is 2.85. The molecular formula is C12H23NO. The predicted octanol–water partition coefficient (Wildman–Crippen LogP) is 2.05. The molecule has 2 fully saturated rings. The van der Waals surface area contributed by atoms with Crippen LogP contribution < -0.4 is 5.73 Å². The minimum atomic E-state index is -0.409. The molecule has 0 saturated heterocycles. The van der Waals surface area contributed by atoms with Gasteiger partial charge in [-0.25, -0.2) is 0 Å². The summed E-state index contributed by atoms with van der Waals surface area (Å²) in [6, 6.07) is 0.247. The SMILES string of the molecule is CC1CCCC(C2(O)CCC(N)C2)C1. The fraction of sp³-hybridized carbons (Fsp3) is 1.00. The highest BCUT2D eigenvalue weighted by Crippen LogP contribution is 2.43. The summed E-state index contributed by atoms with van der Waals surface area (Å²) in [5.74, 6) is 1.33. The van der Waals surface area contributed by atoms with E-state index in [1.807, 2.05) is 0 Å². The van der Waals surface area contributed by atoms with Crippen molar-refractivity contribution in [2.75, 3.05) is 0 Å². The normalized spacial score (nSPS) is 49.5. The van der Waals surface area contributed by atoms with E-state index >= 15 is 0 Å². The van der Waals surface area contributed by atoms with Crippen LogP contribution in [-0.2, 0) is 0 Å². The fourth-order valence-corrected chi connectivity index (χ4v) is 3.39. The van der Waals surface area contributed by atoms with E-state index in [9.17, 15) is 5.11 Å². The second-order valence-electron chi connectivity index (χ2n) is 5.58. The standard InChI is InChI=1S/C12H23NO/c1-9-3-2-4-10(7-9)12(14)6-5-11(13)8-12/h9-11,14H,2-8,13H2,1H3. The molecule has 2 rings (SSSR count). The summed E-state index contributed by atoms with van der Waals surface area (Å²) in [5.41, 5.74) is 5.48. The van der Waals surface area contributed by atoms with E-state index in [1.54, 1.807) is 0 Å². The number of hydrogen-bond donors (Lipinski definition) is 2. The molecule has 0 aromatic heterocycles. The molecule has 14 heavy (non-hydrogen) atoms. The minimum Gasteiger partial charge on any atom is -0.390 e. The van der Waals surface area contributed by atoms with Crippen LogP contribution in [0.2, 0.25) is 0 Å². The summed E-state index contributed by atoms with van der Waals surface area (Å²) in [6.07, 6.45) is 7.86. The van der Waals surface area contributed by atoms with E-state index in [0.29, 0.717) is 5.92 Å². The second kappa shape index (κ2) is 3.82. The van der Waals surface area contributed by atoms with Gasteiger partial charge in [-0.1, -0.05) is 19.8 Å². The van der Waals surface area contributed by atoms with E-state index < -0.39 is 5.60 Å². The zero-order valence-electron chi connectivity index (χ0n) is 9.21. The third-order valence-corrected chi connectivity index (χ3v) is 4.26. The first-order chi connectivity index (χ1) is 6.60. The molecule has 3 N–H and O–H groups in total. The molecule has 2 aliphatic rings. The molecule has 0 radical (unpaired) electrons. The van der Waals surface area contributed by atoms with Crippen molar-refractivity contribution in [2.24, 2.45) is 17.6 Å². The number of aliphatic hydroxyl groups is 1. The molecule has 2 saturated carbocycles. The monoisotopic (exact) mass is 197 g/mol. The van der Waals surface area contributed by atoms with Crippen LogP contribution in [0.4, 0.5) is 0 Å². The smallest absolute Gasteiger partial charge is 0.0691 e. The summed E-state index contributed by atoms with van der Waals surface area (Å²) in [6.45, 7) is 2.31. The molecular weight excluding hydrogens is 174 g/mol. The van der Waals surface area contributed by atoms with Crippen LogP contribution in [0.1, 0.15) is 51.9 Å². The molecule has 2 nitrogen and oxygen atoms in total. The van der Waals surface area contributed by atoms with E-state index in [-0.39, 0.29) is 6.04 Å². The van der Waals surface area contributed by atoms with E-state index in [0.717, 1.165) is 25.2 Å². The number of rotatable bonds is 1. The van der Waals surface area contributed by atoms with E-state index in [2.05, 4.69) is 6.92 Å². The first-order valence-corrected chi connectivity index (χ1v) is 6.08. The van der Waals surface area contributed by atoms with Crippen molar-refractivity contribution in [1.29, 1.82) is 0 Å². The second-order valence-corrected chi connectivity index (χ2v) is 5.58. The Labute approximate surface area is 86.9 Å². The van der Waals surface area contributed by atoms with Crippen LogP contribution in [0, 0.1) is 11.8 Å². The van der Waals surface area contributed by atoms with Crippen LogP contribution in [0.3, 0.4) is 0 Å². The van der Waals surface area contributed by atoms with Gasteiger partial charge in [0.05, 0.1) is 5.60 Å². The van der Waals surface area contributed by atoms with Crippen LogP contribution >= 0.6 is 0 Å². The largest absolute Gasteiger partial charge is 0.390 e. The Hall–Kier alpha value is -0.0800. The summed E-state index contributed by atoms with van der Waals surface area (Å²) in [5, 5.41) is 10.5. The van der Waals surface area contributed by atoms with Crippen molar-refractivity contribution in [3.63, 3.8) is 0 Å². The van der Waals surface area contributed by atoms with Crippen LogP contribution in [0.25, 0.3) is 0 Å². The summed E-state index contributed by atoms with van der Waals surface area (Å²) in [4.78, 5) is 0. The average Bonchev–Trinajstić information content (AvgIpc) is 2.48. The summed E-state index contributed by atoms with van der Waals surface area (Å²) >= 11 is 0. The highest BCUT2D eigenvalue weighted by Gasteiger charge is 2.43. The van der Waals surface area contributed by atoms with Gasteiger partial charge in [-0.15, -0.1) is 0 Å². The fourth-order valence-electron chi connectivity index (χ4n) is 3.39. The lowest BCUT2D eigenvalue weighted by Crippen LogP contribution is -2.39. The van der Waals surface area contributed by atoms with Crippen molar-refractivity contribution < 1.29 is 5.11 Å². The maximum Gasteiger partial charge on any atom is 0.0691 e. The van der Waals surface area contributed by atoms with Crippen LogP contribution in [0.5, 0.6) is 0 Å². The Morgan fingerprint density at radius 1 is 1.29 bits per heavy atom. The molecule has 0 amide bonds. The lowest BCUT2D eigenvalue weighted by atomic mass is 9.72. The van der Waals surface area contributed by atoms with Gasteiger partial charge in [-0.2, -0.15) is 0 Å². The Morgan fingerprint density at radius 2 is 2.07 bits per heavy atom. The zero-order valence-corrected chi connectivity index (χ0v) is 9.21. The first-order valence-electron chi connectivity index (χ1n) is 6.08. The van der Waals surface area contributed by atoms with Gasteiger partial charge in [0.2, 0.25) is 0 Å². The maximum atomic E-state index is 10.5. The predicted molar refractivity (Wildman–Crippen MR) is 57.9 cm³/mol. The molecule has 4 atom stereocenters. The molecule has 0 heterocycles. The highest BCUT2D eigenvalue weighted by molar-refractivity contribution is 4.97.